The van der Waals surface area contributed by atoms with Crippen LogP contribution in [0.5, 0.6) is 0 Å². The molecule has 0 spiro atoms. The molecule has 2 aromatic heterocycles. The van der Waals surface area contributed by atoms with Gasteiger partial charge in [0.1, 0.15) is 5.65 Å². The van der Waals surface area contributed by atoms with Crippen molar-refractivity contribution < 1.29 is 0 Å². The van der Waals surface area contributed by atoms with Crippen LogP contribution in [0.25, 0.3) is 11.0 Å². The van der Waals surface area contributed by atoms with Gasteiger partial charge in [0.05, 0.1) is 16.9 Å². The number of aromatic nitrogens is 2. The minimum absolute atomic E-state index is 0.738. The largest absolute Gasteiger partial charge is 0.387 e. The topological polar surface area (TPSA) is 29.9 Å². The summed E-state index contributed by atoms with van der Waals surface area (Å²) in [6.45, 7) is 0. The predicted octanol–water partition coefficient (Wildman–Crippen LogP) is 2.27. The molecule has 13 heavy (non-hydrogen) atoms. The molecule has 0 radical (unpaired) electrons. The molecule has 0 saturated heterocycles. The van der Waals surface area contributed by atoms with Gasteiger partial charge in [0.15, 0.2) is 0 Å². The second-order valence-electron chi connectivity index (χ2n) is 2.93. The third-order valence-corrected chi connectivity index (χ3v) is 2.35. The Morgan fingerprint density at radius 3 is 3.00 bits per heavy atom. The van der Waals surface area contributed by atoms with Gasteiger partial charge in [-0.05, 0) is 6.07 Å². The van der Waals surface area contributed by atoms with Gasteiger partial charge in [0, 0.05) is 25.7 Å². The van der Waals surface area contributed by atoms with Crippen LogP contribution in [0.2, 0.25) is 5.02 Å². The van der Waals surface area contributed by atoms with Crippen molar-refractivity contribution in [3.63, 3.8) is 0 Å². The van der Waals surface area contributed by atoms with Crippen LogP contribution in [0.1, 0.15) is 0 Å². The van der Waals surface area contributed by atoms with Crippen LogP contribution < -0.4 is 5.32 Å². The average Bonchev–Trinajstić information content (AvgIpc) is 2.42. The fourth-order valence-electron chi connectivity index (χ4n) is 1.35. The van der Waals surface area contributed by atoms with Gasteiger partial charge in [-0.3, -0.25) is 0 Å². The van der Waals surface area contributed by atoms with E-state index in [1.807, 2.05) is 30.9 Å². The molecular weight excluding hydrogens is 186 g/mol. The molecule has 0 aromatic carbocycles. The fourth-order valence-corrected chi connectivity index (χ4v) is 1.64. The van der Waals surface area contributed by atoms with E-state index in [0.717, 1.165) is 21.7 Å². The quantitative estimate of drug-likeness (QED) is 0.757. The maximum absolute atomic E-state index is 6.02. The molecule has 1 N–H and O–H groups in total. The number of aryl methyl sites for hydroxylation is 1. The van der Waals surface area contributed by atoms with E-state index in [9.17, 15) is 0 Å². The maximum atomic E-state index is 6.02. The number of anilines is 1. The average molecular weight is 196 g/mol. The Balaban J connectivity index is 2.76. The molecule has 0 atom stereocenters. The van der Waals surface area contributed by atoms with E-state index in [2.05, 4.69) is 10.3 Å². The fraction of sp³-hybridized carbons (Fsp3) is 0.222. The van der Waals surface area contributed by atoms with Crippen molar-refractivity contribution in [2.75, 3.05) is 12.4 Å². The van der Waals surface area contributed by atoms with E-state index in [1.54, 1.807) is 6.20 Å². The first-order chi connectivity index (χ1) is 6.22. The highest BCUT2D eigenvalue weighted by molar-refractivity contribution is 6.35. The summed E-state index contributed by atoms with van der Waals surface area (Å²) in [6, 6.07) is 1.99. The second-order valence-corrected chi connectivity index (χ2v) is 3.34. The van der Waals surface area contributed by atoms with Gasteiger partial charge < -0.3 is 9.88 Å². The third kappa shape index (κ3) is 1.25. The Morgan fingerprint density at radius 2 is 2.31 bits per heavy atom. The summed E-state index contributed by atoms with van der Waals surface area (Å²) in [7, 11) is 3.79. The minimum atomic E-state index is 0.738. The maximum Gasteiger partial charge on any atom is 0.141 e. The number of hydrogen-bond donors (Lipinski definition) is 1. The smallest absolute Gasteiger partial charge is 0.141 e. The molecule has 0 amide bonds. The van der Waals surface area contributed by atoms with Crippen molar-refractivity contribution in [1.82, 2.24) is 9.55 Å². The second kappa shape index (κ2) is 2.92. The molecule has 2 rings (SSSR count). The monoisotopic (exact) mass is 195 g/mol. The summed E-state index contributed by atoms with van der Waals surface area (Å²) < 4.78 is 1.91. The Morgan fingerprint density at radius 1 is 1.54 bits per heavy atom. The lowest BCUT2D eigenvalue weighted by molar-refractivity contribution is 0.949. The summed E-state index contributed by atoms with van der Waals surface area (Å²) >= 11 is 6.02. The van der Waals surface area contributed by atoms with Crippen molar-refractivity contribution in [3.05, 3.63) is 23.5 Å². The zero-order valence-electron chi connectivity index (χ0n) is 7.50. The van der Waals surface area contributed by atoms with Gasteiger partial charge in [0.2, 0.25) is 0 Å². The number of nitrogens with zero attached hydrogens (tertiary/aromatic N) is 2. The van der Waals surface area contributed by atoms with Crippen LogP contribution in [0.3, 0.4) is 0 Å². The molecule has 0 unspecified atom stereocenters. The third-order valence-electron chi connectivity index (χ3n) is 2.05. The van der Waals surface area contributed by atoms with Crippen LogP contribution in [0, 0.1) is 0 Å². The van der Waals surface area contributed by atoms with Crippen molar-refractivity contribution in [1.29, 1.82) is 0 Å². The summed E-state index contributed by atoms with van der Waals surface area (Å²) in [5.41, 5.74) is 1.88. The highest BCUT2D eigenvalue weighted by Gasteiger charge is 2.05. The van der Waals surface area contributed by atoms with E-state index in [0.29, 0.717) is 0 Å². The van der Waals surface area contributed by atoms with Crippen LogP contribution in [0.4, 0.5) is 5.69 Å². The van der Waals surface area contributed by atoms with Gasteiger partial charge in [-0.2, -0.15) is 0 Å². The predicted molar refractivity (Wildman–Crippen MR) is 55.3 cm³/mol. The lowest BCUT2D eigenvalue weighted by Gasteiger charge is -1.99. The first kappa shape index (κ1) is 8.38. The Kier molecular flexibility index (Phi) is 1.88. The highest BCUT2D eigenvalue weighted by Crippen LogP contribution is 2.25. The number of hydrogen-bond acceptors (Lipinski definition) is 2. The molecule has 0 aliphatic heterocycles. The zero-order chi connectivity index (χ0) is 9.42. The Bertz CT molecular complexity index is 447. The van der Waals surface area contributed by atoms with Crippen molar-refractivity contribution in [3.8, 4) is 0 Å². The molecule has 3 nitrogen and oxygen atoms in total. The molecule has 4 heteroatoms. The minimum Gasteiger partial charge on any atom is -0.387 e. The Hall–Kier alpha value is -1.22. The summed E-state index contributed by atoms with van der Waals surface area (Å²) in [6.07, 6.45) is 3.65. The van der Waals surface area contributed by atoms with E-state index in [1.165, 1.54) is 0 Å². The first-order valence-electron chi connectivity index (χ1n) is 4.00. The molecule has 2 aromatic rings. The summed E-state index contributed by atoms with van der Waals surface area (Å²) in [4.78, 5) is 4.29. The lowest BCUT2D eigenvalue weighted by atomic mass is 10.3. The molecular formula is C9H10ClN3. The standard InChI is InChI=1S/C9H10ClN3/c1-11-6-3-7-8(10)5-13(2)9(7)12-4-6/h3-5,11H,1-2H3. The zero-order valence-corrected chi connectivity index (χ0v) is 8.26. The van der Waals surface area contributed by atoms with Crippen molar-refractivity contribution >= 4 is 28.3 Å². The number of pyridine rings is 1. The molecule has 0 aliphatic carbocycles. The molecule has 68 valence electrons. The number of rotatable bonds is 1. The molecule has 0 fully saturated rings. The van der Waals surface area contributed by atoms with Crippen LogP contribution in [0.15, 0.2) is 18.5 Å². The summed E-state index contributed by atoms with van der Waals surface area (Å²) in [5.74, 6) is 0. The van der Waals surface area contributed by atoms with E-state index < -0.39 is 0 Å². The van der Waals surface area contributed by atoms with Crippen LogP contribution in [-0.4, -0.2) is 16.6 Å². The van der Waals surface area contributed by atoms with E-state index in [4.69, 9.17) is 11.6 Å². The van der Waals surface area contributed by atoms with Crippen LogP contribution >= 0.6 is 11.6 Å². The molecule has 0 aliphatic rings. The van der Waals surface area contributed by atoms with Gasteiger partial charge >= 0.3 is 0 Å². The van der Waals surface area contributed by atoms with Crippen molar-refractivity contribution in [2.24, 2.45) is 7.05 Å². The first-order valence-corrected chi connectivity index (χ1v) is 4.38. The van der Waals surface area contributed by atoms with Gasteiger partial charge in [-0.25, -0.2) is 4.98 Å². The normalized spacial score (nSPS) is 10.7. The SMILES string of the molecule is CNc1cnc2c(c1)c(Cl)cn2C. The summed E-state index contributed by atoms with van der Waals surface area (Å²) in [5, 5.41) is 4.75. The van der Waals surface area contributed by atoms with Gasteiger partial charge in [0.25, 0.3) is 0 Å². The number of halogens is 1. The lowest BCUT2D eigenvalue weighted by Crippen LogP contribution is -1.91. The molecule has 2 heterocycles. The number of nitrogens with one attached hydrogen (secondary N) is 1. The molecule has 0 saturated carbocycles. The van der Waals surface area contributed by atoms with Crippen LogP contribution in [-0.2, 0) is 7.05 Å². The molecule has 0 bridgehead atoms. The van der Waals surface area contributed by atoms with Crippen molar-refractivity contribution in [2.45, 2.75) is 0 Å². The number of fused-ring (bicyclic) bond motifs is 1. The highest BCUT2D eigenvalue weighted by atomic mass is 35.5. The van der Waals surface area contributed by atoms with Gasteiger partial charge in [-0.15, -0.1) is 0 Å². The van der Waals surface area contributed by atoms with Gasteiger partial charge in [-0.1, -0.05) is 11.6 Å². The van der Waals surface area contributed by atoms with E-state index in [-0.39, 0.29) is 0 Å². The Labute approximate surface area is 81.3 Å². The van der Waals surface area contributed by atoms with E-state index >= 15 is 0 Å².